The highest BCUT2D eigenvalue weighted by Crippen LogP contribution is 2.34. The molecule has 2 aromatic rings. The Balaban J connectivity index is 1.78. The topological polar surface area (TPSA) is 42.4 Å². The van der Waals surface area contributed by atoms with Gasteiger partial charge in [-0.2, -0.15) is 0 Å². The van der Waals surface area contributed by atoms with Crippen LogP contribution in [0, 0.1) is 0 Å². The summed E-state index contributed by atoms with van der Waals surface area (Å²) in [5.41, 5.74) is 1.06. The molecule has 0 aromatic carbocycles. The fourth-order valence-corrected chi connectivity index (χ4v) is 4.17. The molecule has 1 fully saturated rings. The number of hydrogen-bond donors (Lipinski definition) is 0. The number of aromatic nitrogens is 1. The average molecular weight is 308 g/mol. The van der Waals surface area contributed by atoms with Crippen LogP contribution in [0.2, 0.25) is 0 Å². The second kappa shape index (κ2) is 6.03. The van der Waals surface area contributed by atoms with Crippen molar-refractivity contribution in [2.24, 2.45) is 0 Å². The molecule has 1 aliphatic heterocycles. The van der Waals surface area contributed by atoms with E-state index in [-0.39, 0.29) is 11.9 Å². The molecular formula is C14H16N2O2S2. The summed E-state index contributed by atoms with van der Waals surface area (Å²) in [7, 11) is 1.66. The third kappa shape index (κ3) is 2.63. The molecule has 1 unspecified atom stereocenters. The summed E-state index contributed by atoms with van der Waals surface area (Å²) in [5, 5.41) is 5.01. The van der Waals surface area contributed by atoms with Gasteiger partial charge in [-0.15, -0.1) is 22.7 Å². The first-order valence-corrected chi connectivity index (χ1v) is 8.32. The summed E-state index contributed by atoms with van der Waals surface area (Å²) >= 11 is 3.12. The van der Waals surface area contributed by atoms with Crippen LogP contribution >= 0.6 is 22.7 Å². The Labute approximate surface area is 126 Å². The van der Waals surface area contributed by atoms with Crippen LogP contribution in [0.4, 0.5) is 0 Å². The smallest absolute Gasteiger partial charge is 0.264 e. The van der Waals surface area contributed by atoms with Gasteiger partial charge in [0.2, 0.25) is 0 Å². The van der Waals surface area contributed by atoms with Crippen LogP contribution in [-0.4, -0.2) is 29.4 Å². The van der Waals surface area contributed by atoms with Gasteiger partial charge in [-0.05, 0) is 29.9 Å². The monoisotopic (exact) mass is 308 g/mol. The minimum atomic E-state index is 0.120. The van der Waals surface area contributed by atoms with Gasteiger partial charge < -0.3 is 9.64 Å². The summed E-state index contributed by atoms with van der Waals surface area (Å²) in [6, 6.07) is 2.09. The van der Waals surface area contributed by atoms with Crippen molar-refractivity contribution in [1.82, 2.24) is 9.88 Å². The molecule has 6 heteroatoms. The molecule has 0 bridgehead atoms. The third-order valence-corrected chi connectivity index (χ3v) is 5.27. The van der Waals surface area contributed by atoms with Crippen molar-refractivity contribution in [2.45, 2.75) is 25.5 Å². The molecule has 0 saturated carbocycles. The lowest BCUT2D eigenvalue weighted by molar-refractivity contribution is 0.0740. The molecule has 0 N–H and O–H groups in total. The predicted octanol–water partition coefficient (Wildman–Crippen LogP) is 3.33. The number of hydrogen-bond acceptors (Lipinski definition) is 5. The molecule has 4 nitrogen and oxygen atoms in total. The van der Waals surface area contributed by atoms with Gasteiger partial charge in [0.05, 0.1) is 17.5 Å². The number of thiophene rings is 1. The molecule has 1 amide bonds. The Morgan fingerprint density at radius 2 is 2.45 bits per heavy atom. The first-order valence-electron chi connectivity index (χ1n) is 6.56. The van der Waals surface area contributed by atoms with E-state index in [0.717, 1.165) is 34.8 Å². The van der Waals surface area contributed by atoms with Gasteiger partial charge in [0.1, 0.15) is 5.01 Å². The molecule has 0 aliphatic carbocycles. The van der Waals surface area contributed by atoms with Crippen LogP contribution in [0.25, 0.3) is 0 Å². The molecule has 1 aliphatic rings. The Kier molecular flexibility index (Phi) is 4.14. The summed E-state index contributed by atoms with van der Waals surface area (Å²) in [4.78, 5) is 19.8. The van der Waals surface area contributed by atoms with E-state index in [9.17, 15) is 4.79 Å². The molecule has 0 radical (unpaired) electrons. The Hall–Kier alpha value is -1.24. The van der Waals surface area contributed by atoms with Crippen LogP contribution in [-0.2, 0) is 11.3 Å². The Morgan fingerprint density at radius 3 is 3.20 bits per heavy atom. The van der Waals surface area contributed by atoms with Crippen LogP contribution in [0.1, 0.15) is 39.1 Å². The van der Waals surface area contributed by atoms with Gasteiger partial charge in [0.25, 0.3) is 5.91 Å². The van der Waals surface area contributed by atoms with Crippen molar-refractivity contribution < 1.29 is 9.53 Å². The first kappa shape index (κ1) is 13.7. The zero-order valence-corrected chi connectivity index (χ0v) is 12.9. The van der Waals surface area contributed by atoms with E-state index < -0.39 is 0 Å². The highest BCUT2D eigenvalue weighted by atomic mass is 32.1. The average Bonchev–Trinajstić information content (AvgIpc) is 3.19. The minimum absolute atomic E-state index is 0.120. The molecule has 3 rings (SSSR count). The number of nitrogens with zero attached hydrogens (tertiary/aromatic N) is 2. The first-order chi connectivity index (χ1) is 9.79. The van der Waals surface area contributed by atoms with Crippen molar-refractivity contribution in [3.63, 3.8) is 0 Å². The Morgan fingerprint density at radius 1 is 1.55 bits per heavy atom. The second-order valence-corrected chi connectivity index (χ2v) is 6.62. The van der Waals surface area contributed by atoms with Crippen LogP contribution in [0.15, 0.2) is 23.0 Å². The molecule has 20 heavy (non-hydrogen) atoms. The van der Waals surface area contributed by atoms with Crippen molar-refractivity contribution in [2.75, 3.05) is 13.7 Å². The molecule has 106 valence electrons. The van der Waals surface area contributed by atoms with Gasteiger partial charge >= 0.3 is 0 Å². The Bertz CT molecular complexity index is 580. The van der Waals surface area contributed by atoms with Crippen LogP contribution < -0.4 is 0 Å². The normalized spacial score (nSPS) is 18.6. The lowest BCUT2D eigenvalue weighted by Crippen LogP contribution is -2.29. The number of likely N-dealkylation sites (tertiary alicyclic amines) is 1. The van der Waals surface area contributed by atoms with Crippen LogP contribution in [0.3, 0.4) is 0 Å². The molecule has 0 spiro atoms. The number of ether oxygens (including phenoxy) is 1. The maximum absolute atomic E-state index is 12.6. The maximum Gasteiger partial charge on any atom is 0.264 e. The summed E-state index contributed by atoms with van der Waals surface area (Å²) < 4.78 is 5.10. The molecule has 1 atom stereocenters. The molecule has 3 heterocycles. The lowest BCUT2D eigenvalue weighted by Gasteiger charge is -2.22. The fraction of sp³-hybridized carbons (Fsp3) is 0.429. The van der Waals surface area contributed by atoms with Gasteiger partial charge in [-0.25, -0.2) is 4.98 Å². The molecular weight excluding hydrogens is 292 g/mol. The highest BCUT2D eigenvalue weighted by molar-refractivity contribution is 7.12. The van der Waals surface area contributed by atoms with E-state index in [1.807, 2.05) is 27.9 Å². The van der Waals surface area contributed by atoms with E-state index in [0.29, 0.717) is 6.61 Å². The zero-order chi connectivity index (χ0) is 13.9. The van der Waals surface area contributed by atoms with Gasteiger partial charge in [-0.1, -0.05) is 0 Å². The maximum atomic E-state index is 12.6. The van der Waals surface area contributed by atoms with E-state index in [2.05, 4.69) is 4.98 Å². The van der Waals surface area contributed by atoms with E-state index in [1.165, 1.54) is 11.3 Å². The summed E-state index contributed by atoms with van der Waals surface area (Å²) in [6.07, 6.45) is 3.87. The number of amides is 1. The van der Waals surface area contributed by atoms with Crippen molar-refractivity contribution in [3.8, 4) is 0 Å². The van der Waals surface area contributed by atoms with E-state index in [4.69, 9.17) is 4.74 Å². The van der Waals surface area contributed by atoms with Crippen molar-refractivity contribution in [3.05, 3.63) is 38.5 Å². The minimum Gasteiger partial charge on any atom is -0.380 e. The standard InChI is InChI=1S/C14H16N2O2S2/c1-18-8-10-7-12(20-9-10)14(17)16-5-2-3-11(16)13-15-4-6-19-13/h4,6-7,9,11H,2-3,5,8H2,1H3. The number of thiazole rings is 1. The SMILES string of the molecule is COCc1csc(C(=O)N2CCCC2c2nccs2)c1. The summed E-state index contributed by atoms with van der Waals surface area (Å²) in [6.45, 7) is 1.38. The quantitative estimate of drug-likeness (QED) is 0.870. The summed E-state index contributed by atoms with van der Waals surface area (Å²) in [5.74, 6) is 0.120. The number of carbonyl (C=O) groups is 1. The van der Waals surface area contributed by atoms with Gasteiger partial charge in [-0.3, -0.25) is 4.79 Å². The second-order valence-electron chi connectivity index (χ2n) is 4.78. The molecule has 1 saturated heterocycles. The number of methoxy groups -OCH3 is 1. The van der Waals surface area contributed by atoms with Crippen molar-refractivity contribution >= 4 is 28.6 Å². The predicted molar refractivity (Wildman–Crippen MR) is 80.2 cm³/mol. The number of rotatable bonds is 4. The lowest BCUT2D eigenvalue weighted by atomic mass is 10.2. The van der Waals surface area contributed by atoms with Crippen LogP contribution in [0.5, 0.6) is 0 Å². The van der Waals surface area contributed by atoms with Gasteiger partial charge in [0, 0.05) is 25.2 Å². The number of carbonyl (C=O) groups excluding carboxylic acids is 1. The molecule has 2 aromatic heterocycles. The van der Waals surface area contributed by atoms with E-state index in [1.54, 1.807) is 18.4 Å². The largest absolute Gasteiger partial charge is 0.380 e. The van der Waals surface area contributed by atoms with E-state index >= 15 is 0 Å². The van der Waals surface area contributed by atoms with Crippen molar-refractivity contribution in [1.29, 1.82) is 0 Å². The fourth-order valence-electron chi connectivity index (χ4n) is 2.54. The third-order valence-electron chi connectivity index (χ3n) is 3.43. The zero-order valence-electron chi connectivity index (χ0n) is 11.2. The van der Waals surface area contributed by atoms with Gasteiger partial charge in [0.15, 0.2) is 0 Å². The highest BCUT2D eigenvalue weighted by Gasteiger charge is 2.32.